The Labute approximate surface area is 133 Å². The summed E-state index contributed by atoms with van der Waals surface area (Å²) in [5.74, 6) is -0.337. The smallest absolute Gasteiger partial charge is 0.307 e. The minimum atomic E-state index is -0.946. The fourth-order valence-corrected chi connectivity index (χ4v) is 2.19. The summed E-state index contributed by atoms with van der Waals surface area (Å²) in [6.45, 7) is 1.97. The van der Waals surface area contributed by atoms with Crippen LogP contribution in [-0.4, -0.2) is 11.1 Å². The van der Waals surface area contributed by atoms with Crippen molar-refractivity contribution in [2.75, 3.05) is 0 Å². The first-order chi connectivity index (χ1) is 9.95. The van der Waals surface area contributed by atoms with Gasteiger partial charge in [-0.1, -0.05) is 47.0 Å². The van der Waals surface area contributed by atoms with Crippen LogP contribution in [0.4, 0.5) is 0 Å². The standard InChI is InChI=1S/C16H14Cl2O3/c1-10-2-5-12(6-3-10)21-15(9-16(19)20)11-4-7-13(17)14(18)8-11/h2-8,15H,9H2,1H3,(H,19,20)/t15-/m0/s1. The molecule has 0 radical (unpaired) electrons. The van der Waals surface area contributed by atoms with Gasteiger partial charge in [-0.15, -0.1) is 0 Å². The Balaban J connectivity index is 2.26. The first kappa shape index (κ1) is 15.7. The molecular weight excluding hydrogens is 311 g/mol. The summed E-state index contributed by atoms with van der Waals surface area (Å²) in [6, 6.07) is 12.4. The van der Waals surface area contributed by atoms with Gasteiger partial charge in [0, 0.05) is 0 Å². The Morgan fingerprint density at radius 1 is 1.14 bits per heavy atom. The third-order valence-corrected chi connectivity index (χ3v) is 3.71. The summed E-state index contributed by atoms with van der Waals surface area (Å²) in [7, 11) is 0. The summed E-state index contributed by atoms with van der Waals surface area (Å²) < 4.78 is 5.78. The summed E-state index contributed by atoms with van der Waals surface area (Å²) >= 11 is 11.9. The van der Waals surface area contributed by atoms with E-state index < -0.39 is 12.1 Å². The number of halogens is 2. The summed E-state index contributed by atoms with van der Waals surface area (Å²) in [6.07, 6.45) is -0.786. The molecule has 0 aromatic heterocycles. The second-order valence-corrected chi connectivity index (χ2v) is 5.51. The average molecular weight is 325 g/mol. The zero-order valence-electron chi connectivity index (χ0n) is 11.3. The number of carboxylic acids is 1. The molecule has 0 amide bonds. The Hall–Kier alpha value is -1.71. The highest BCUT2D eigenvalue weighted by atomic mass is 35.5. The van der Waals surface area contributed by atoms with Gasteiger partial charge < -0.3 is 9.84 Å². The van der Waals surface area contributed by atoms with Crippen LogP contribution < -0.4 is 4.74 Å². The minimum Gasteiger partial charge on any atom is -0.485 e. The van der Waals surface area contributed by atoms with Crippen molar-refractivity contribution in [3.8, 4) is 5.75 Å². The monoisotopic (exact) mass is 324 g/mol. The van der Waals surface area contributed by atoms with Crippen LogP contribution in [-0.2, 0) is 4.79 Å². The summed E-state index contributed by atoms with van der Waals surface area (Å²) in [5.41, 5.74) is 1.78. The van der Waals surface area contributed by atoms with Gasteiger partial charge in [-0.25, -0.2) is 0 Å². The van der Waals surface area contributed by atoms with Crippen LogP contribution >= 0.6 is 23.2 Å². The van der Waals surface area contributed by atoms with Crippen molar-refractivity contribution in [1.29, 1.82) is 0 Å². The van der Waals surface area contributed by atoms with Crippen molar-refractivity contribution >= 4 is 29.2 Å². The molecule has 21 heavy (non-hydrogen) atoms. The van der Waals surface area contributed by atoms with Crippen LogP contribution in [0.25, 0.3) is 0 Å². The second-order valence-electron chi connectivity index (χ2n) is 4.69. The Bertz CT molecular complexity index is 638. The van der Waals surface area contributed by atoms with Gasteiger partial charge in [-0.05, 0) is 36.8 Å². The van der Waals surface area contributed by atoms with E-state index in [-0.39, 0.29) is 6.42 Å². The Kier molecular flexibility index (Phi) is 5.10. The van der Waals surface area contributed by atoms with Gasteiger partial charge in [0.1, 0.15) is 11.9 Å². The quantitative estimate of drug-likeness (QED) is 0.851. The van der Waals surface area contributed by atoms with E-state index in [0.29, 0.717) is 21.4 Å². The van der Waals surface area contributed by atoms with Crippen LogP contribution in [0.1, 0.15) is 23.7 Å². The first-order valence-corrected chi connectivity index (χ1v) is 7.11. The van der Waals surface area contributed by atoms with Gasteiger partial charge in [-0.3, -0.25) is 4.79 Å². The maximum absolute atomic E-state index is 11.0. The Morgan fingerprint density at radius 2 is 1.81 bits per heavy atom. The molecule has 5 heteroatoms. The number of aryl methyl sites for hydroxylation is 1. The number of carboxylic acid groups (broad SMARTS) is 1. The van der Waals surface area contributed by atoms with Gasteiger partial charge in [0.05, 0.1) is 16.5 Å². The zero-order chi connectivity index (χ0) is 15.4. The summed E-state index contributed by atoms with van der Waals surface area (Å²) in [5, 5.41) is 9.85. The molecule has 0 saturated carbocycles. The fourth-order valence-electron chi connectivity index (χ4n) is 1.88. The Morgan fingerprint density at radius 3 is 2.38 bits per heavy atom. The molecule has 110 valence electrons. The van der Waals surface area contributed by atoms with E-state index in [0.717, 1.165) is 5.56 Å². The average Bonchev–Trinajstić information content (AvgIpc) is 2.43. The molecule has 0 aliphatic rings. The number of rotatable bonds is 5. The van der Waals surface area contributed by atoms with Gasteiger partial charge in [0.2, 0.25) is 0 Å². The van der Waals surface area contributed by atoms with E-state index in [4.69, 9.17) is 33.0 Å². The normalized spacial score (nSPS) is 12.0. The third kappa shape index (κ3) is 4.38. The molecule has 2 rings (SSSR count). The van der Waals surface area contributed by atoms with E-state index in [1.54, 1.807) is 18.2 Å². The van der Waals surface area contributed by atoms with Crippen LogP contribution in [0.15, 0.2) is 42.5 Å². The molecule has 2 aromatic rings. The zero-order valence-corrected chi connectivity index (χ0v) is 12.9. The van der Waals surface area contributed by atoms with E-state index in [9.17, 15) is 4.79 Å². The van der Waals surface area contributed by atoms with E-state index in [1.165, 1.54) is 0 Å². The van der Waals surface area contributed by atoms with Crippen LogP contribution in [0, 0.1) is 6.92 Å². The van der Waals surface area contributed by atoms with Crippen molar-refractivity contribution in [2.45, 2.75) is 19.4 Å². The molecule has 0 spiro atoms. The lowest BCUT2D eigenvalue weighted by atomic mass is 10.1. The number of aliphatic carboxylic acids is 1. The molecule has 2 aromatic carbocycles. The van der Waals surface area contributed by atoms with Gasteiger partial charge in [0.25, 0.3) is 0 Å². The number of hydrogen-bond donors (Lipinski definition) is 1. The molecule has 1 atom stereocenters. The molecule has 0 heterocycles. The number of benzene rings is 2. The molecule has 1 N–H and O–H groups in total. The minimum absolute atomic E-state index is 0.161. The van der Waals surface area contributed by atoms with Crippen molar-refractivity contribution in [3.63, 3.8) is 0 Å². The molecule has 0 bridgehead atoms. The highest BCUT2D eigenvalue weighted by molar-refractivity contribution is 6.42. The highest BCUT2D eigenvalue weighted by Gasteiger charge is 2.18. The highest BCUT2D eigenvalue weighted by Crippen LogP contribution is 2.30. The predicted molar refractivity (Wildman–Crippen MR) is 83.3 cm³/mol. The van der Waals surface area contributed by atoms with Crippen LogP contribution in [0.5, 0.6) is 5.75 Å². The van der Waals surface area contributed by atoms with Crippen LogP contribution in [0.2, 0.25) is 10.0 Å². The first-order valence-electron chi connectivity index (χ1n) is 6.36. The molecule has 0 unspecified atom stereocenters. The van der Waals surface area contributed by atoms with E-state index in [1.807, 2.05) is 31.2 Å². The molecule has 3 nitrogen and oxygen atoms in total. The van der Waals surface area contributed by atoms with E-state index in [2.05, 4.69) is 0 Å². The van der Waals surface area contributed by atoms with Crippen molar-refractivity contribution in [1.82, 2.24) is 0 Å². The lowest BCUT2D eigenvalue weighted by molar-refractivity contribution is -0.138. The number of ether oxygens (including phenoxy) is 1. The number of hydrogen-bond acceptors (Lipinski definition) is 2. The number of carbonyl (C=O) groups is 1. The van der Waals surface area contributed by atoms with Gasteiger partial charge in [-0.2, -0.15) is 0 Å². The van der Waals surface area contributed by atoms with Gasteiger partial charge in [0.15, 0.2) is 0 Å². The summed E-state index contributed by atoms with van der Waals surface area (Å²) in [4.78, 5) is 11.0. The lowest BCUT2D eigenvalue weighted by Crippen LogP contribution is -2.13. The third-order valence-electron chi connectivity index (χ3n) is 2.97. The topological polar surface area (TPSA) is 46.5 Å². The van der Waals surface area contributed by atoms with Gasteiger partial charge >= 0.3 is 5.97 Å². The maximum atomic E-state index is 11.0. The fraction of sp³-hybridized carbons (Fsp3) is 0.188. The molecule has 0 fully saturated rings. The van der Waals surface area contributed by atoms with Crippen molar-refractivity contribution in [3.05, 3.63) is 63.6 Å². The molecule has 0 aliphatic carbocycles. The van der Waals surface area contributed by atoms with Crippen LogP contribution in [0.3, 0.4) is 0 Å². The SMILES string of the molecule is Cc1ccc(O[C@@H](CC(=O)O)c2ccc(Cl)c(Cl)c2)cc1. The maximum Gasteiger partial charge on any atom is 0.307 e. The van der Waals surface area contributed by atoms with Crippen molar-refractivity contribution in [2.24, 2.45) is 0 Å². The largest absolute Gasteiger partial charge is 0.485 e. The second kappa shape index (κ2) is 6.83. The predicted octanol–water partition coefficient (Wildman–Crippen LogP) is 4.90. The molecular formula is C16H14Cl2O3. The lowest BCUT2D eigenvalue weighted by Gasteiger charge is -2.18. The van der Waals surface area contributed by atoms with E-state index >= 15 is 0 Å². The molecule has 0 saturated heterocycles. The molecule has 0 aliphatic heterocycles. The van der Waals surface area contributed by atoms with Crippen molar-refractivity contribution < 1.29 is 14.6 Å².